The standard InChI is InChI=1S/C21H21N3O3/c1-14(2)15-8-10-17(11-9-15)23-13-16(12-22)20(25)24-19-7-5-4-6-18(19)21(26)27-3/h4-11,13-14,23H,1-3H3,(H,24,25)/b16-13-. The minimum absolute atomic E-state index is 0.123. The molecule has 0 unspecified atom stereocenters. The molecule has 0 saturated heterocycles. The first-order valence-corrected chi connectivity index (χ1v) is 8.41. The Hall–Kier alpha value is -3.59. The van der Waals surface area contributed by atoms with Crippen LogP contribution in [0, 0.1) is 11.3 Å². The third-order valence-corrected chi connectivity index (χ3v) is 3.91. The van der Waals surface area contributed by atoms with Crippen molar-refractivity contribution in [2.45, 2.75) is 19.8 Å². The molecular formula is C21H21N3O3. The van der Waals surface area contributed by atoms with Gasteiger partial charge in [0, 0.05) is 11.9 Å². The van der Waals surface area contributed by atoms with Gasteiger partial charge in [-0.3, -0.25) is 4.79 Å². The molecule has 0 aliphatic heterocycles. The lowest BCUT2D eigenvalue weighted by atomic mass is 10.0. The van der Waals surface area contributed by atoms with E-state index >= 15 is 0 Å². The molecule has 0 spiro atoms. The molecule has 1 amide bonds. The van der Waals surface area contributed by atoms with Crippen molar-refractivity contribution in [1.82, 2.24) is 0 Å². The smallest absolute Gasteiger partial charge is 0.339 e. The number of hydrogen-bond acceptors (Lipinski definition) is 5. The van der Waals surface area contributed by atoms with E-state index in [0.29, 0.717) is 5.92 Å². The van der Waals surface area contributed by atoms with Crippen LogP contribution in [0.3, 0.4) is 0 Å². The van der Waals surface area contributed by atoms with Crippen molar-refractivity contribution in [3.8, 4) is 6.07 Å². The largest absolute Gasteiger partial charge is 0.465 e. The van der Waals surface area contributed by atoms with E-state index in [1.165, 1.54) is 24.9 Å². The summed E-state index contributed by atoms with van der Waals surface area (Å²) in [6.07, 6.45) is 1.33. The number of nitriles is 1. The van der Waals surface area contributed by atoms with Crippen molar-refractivity contribution in [3.05, 3.63) is 71.4 Å². The molecule has 0 aromatic heterocycles. The molecule has 6 heteroatoms. The minimum Gasteiger partial charge on any atom is -0.465 e. The summed E-state index contributed by atoms with van der Waals surface area (Å²) in [5.74, 6) is -0.776. The van der Waals surface area contributed by atoms with Gasteiger partial charge >= 0.3 is 5.97 Å². The zero-order chi connectivity index (χ0) is 19.8. The summed E-state index contributed by atoms with van der Waals surface area (Å²) in [6, 6.07) is 16.0. The minimum atomic E-state index is -0.625. The molecule has 2 rings (SSSR count). The van der Waals surface area contributed by atoms with E-state index < -0.39 is 11.9 Å². The maximum absolute atomic E-state index is 12.4. The third-order valence-electron chi connectivity index (χ3n) is 3.91. The van der Waals surface area contributed by atoms with Crippen LogP contribution >= 0.6 is 0 Å². The molecule has 0 saturated carbocycles. The van der Waals surface area contributed by atoms with Crippen LogP contribution in [0.5, 0.6) is 0 Å². The SMILES string of the molecule is COC(=O)c1ccccc1NC(=O)/C(C#N)=C\Nc1ccc(C(C)C)cc1. The van der Waals surface area contributed by atoms with E-state index in [1.807, 2.05) is 30.3 Å². The van der Waals surface area contributed by atoms with Gasteiger partial charge in [-0.05, 0) is 35.7 Å². The molecule has 0 atom stereocenters. The van der Waals surface area contributed by atoms with Gasteiger partial charge in [-0.15, -0.1) is 0 Å². The number of amides is 1. The Morgan fingerprint density at radius 1 is 1.11 bits per heavy atom. The number of nitrogens with zero attached hydrogens (tertiary/aromatic N) is 1. The molecule has 2 N–H and O–H groups in total. The van der Waals surface area contributed by atoms with Gasteiger partial charge in [0.2, 0.25) is 0 Å². The van der Waals surface area contributed by atoms with Crippen LogP contribution in [0.25, 0.3) is 0 Å². The fraction of sp³-hybridized carbons (Fsp3) is 0.190. The number of rotatable bonds is 6. The number of anilines is 2. The Balaban J connectivity index is 2.13. The highest BCUT2D eigenvalue weighted by molar-refractivity contribution is 6.09. The second-order valence-electron chi connectivity index (χ2n) is 6.08. The quantitative estimate of drug-likeness (QED) is 0.459. The first-order chi connectivity index (χ1) is 13.0. The van der Waals surface area contributed by atoms with Crippen LogP contribution in [0.2, 0.25) is 0 Å². The third kappa shape index (κ3) is 5.19. The molecule has 2 aromatic carbocycles. The lowest BCUT2D eigenvalue weighted by Crippen LogP contribution is -2.17. The van der Waals surface area contributed by atoms with Crippen molar-refractivity contribution in [2.75, 3.05) is 17.7 Å². The summed E-state index contributed by atoms with van der Waals surface area (Å²) in [4.78, 5) is 24.2. The summed E-state index contributed by atoms with van der Waals surface area (Å²) in [5.41, 5.74) is 2.32. The van der Waals surface area contributed by atoms with Crippen molar-refractivity contribution in [3.63, 3.8) is 0 Å². The Morgan fingerprint density at radius 2 is 1.78 bits per heavy atom. The number of methoxy groups -OCH3 is 1. The molecule has 0 fully saturated rings. The van der Waals surface area contributed by atoms with E-state index in [4.69, 9.17) is 4.74 Å². The predicted octanol–water partition coefficient (Wildman–Crippen LogP) is 4.05. The van der Waals surface area contributed by atoms with Crippen LogP contribution in [-0.2, 0) is 9.53 Å². The normalized spacial score (nSPS) is 10.9. The molecule has 6 nitrogen and oxygen atoms in total. The van der Waals surface area contributed by atoms with Crippen molar-refractivity contribution in [1.29, 1.82) is 5.26 Å². The van der Waals surface area contributed by atoms with Crippen molar-refractivity contribution >= 4 is 23.3 Å². The summed E-state index contributed by atoms with van der Waals surface area (Å²) in [5, 5.41) is 14.8. The van der Waals surface area contributed by atoms with Gasteiger partial charge in [-0.1, -0.05) is 38.1 Å². The van der Waals surface area contributed by atoms with Crippen LogP contribution < -0.4 is 10.6 Å². The summed E-state index contributed by atoms with van der Waals surface area (Å²) in [6.45, 7) is 4.21. The second-order valence-corrected chi connectivity index (χ2v) is 6.08. The lowest BCUT2D eigenvalue weighted by molar-refractivity contribution is -0.112. The Kier molecular flexibility index (Phi) is 6.73. The molecule has 0 bridgehead atoms. The van der Waals surface area contributed by atoms with E-state index in [9.17, 15) is 14.9 Å². The number of benzene rings is 2. The molecule has 0 aliphatic rings. The van der Waals surface area contributed by atoms with Gasteiger partial charge in [0.15, 0.2) is 0 Å². The van der Waals surface area contributed by atoms with Crippen molar-refractivity contribution in [2.24, 2.45) is 0 Å². The molecule has 0 radical (unpaired) electrons. The number of ether oxygens (including phenoxy) is 1. The van der Waals surface area contributed by atoms with Gasteiger partial charge in [0.1, 0.15) is 11.6 Å². The second kappa shape index (κ2) is 9.20. The van der Waals surface area contributed by atoms with E-state index in [1.54, 1.807) is 18.2 Å². The maximum atomic E-state index is 12.4. The Morgan fingerprint density at radius 3 is 2.37 bits per heavy atom. The highest BCUT2D eigenvalue weighted by atomic mass is 16.5. The lowest BCUT2D eigenvalue weighted by Gasteiger charge is -2.09. The number of para-hydroxylation sites is 1. The fourth-order valence-electron chi connectivity index (χ4n) is 2.34. The molecule has 0 aliphatic carbocycles. The van der Waals surface area contributed by atoms with Crippen LogP contribution in [0.15, 0.2) is 60.3 Å². The highest BCUT2D eigenvalue weighted by Gasteiger charge is 2.15. The number of carbonyl (C=O) groups is 2. The predicted molar refractivity (Wildman–Crippen MR) is 104 cm³/mol. The molecular weight excluding hydrogens is 342 g/mol. The van der Waals surface area contributed by atoms with Crippen molar-refractivity contribution < 1.29 is 14.3 Å². The molecule has 2 aromatic rings. The first kappa shape index (κ1) is 19.7. The van der Waals surface area contributed by atoms with E-state index in [2.05, 4.69) is 24.5 Å². The first-order valence-electron chi connectivity index (χ1n) is 8.41. The Labute approximate surface area is 158 Å². The molecule has 0 heterocycles. The Bertz CT molecular complexity index is 894. The topological polar surface area (TPSA) is 91.2 Å². The van der Waals surface area contributed by atoms with Gasteiger partial charge in [-0.25, -0.2) is 4.79 Å². The van der Waals surface area contributed by atoms with E-state index in [-0.39, 0.29) is 16.8 Å². The number of carbonyl (C=O) groups excluding carboxylic acids is 2. The van der Waals surface area contributed by atoms with Gasteiger partial charge in [0.25, 0.3) is 5.91 Å². The van der Waals surface area contributed by atoms with Crippen LogP contribution in [0.4, 0.5) is 11.4 Å². The van der Waals surface area contributed by atoms with Crippen LogP contribution in [-0.4, -0.2) is 19.0 Å². The van der Waals surface area contributed by atoms with Gasteiger partial charge in [-0.2, -0.15) is 5.26 Å². The monoisotopic (exact) mass is 363 g/mol. The summed E-state index contributed by atoms with van der Waals surface area (Å²) in [7, 11) is 1.26. The van der Waals surface area contributed by atoms with Gasteiger partial charge < -0.3 is 15.4 Å². The van der Waals surface area contributed by atoms with Gasteiger partial charge in [0.05, 0.1) is 18.4 Å². The summed E-state index contributed by atoms with van der Waals surface area (Å²) >= 11 is 0. The van der Waals surface area contributed by atoms with Crippen LogP contribution in [0.1, 0.15) is 35.7 Å². The summed E-state index contributed by atoms with van der Waals surface area (Å²) < 4.78 is 4.69. The zero-order valence-corrected chi connectivity index (χ0v) is 15.4. The number of nitrogens with one attached hydrogen (secondary N) is 2. The number of hydrogen-bond donors (Lipinski definition) is 2. The molecule has 27 heavy (non-hydrogen) atoms. The highest BCUT2D eigenvalue weighted by Crippen LogP contribution is 2.18. The molecule has 138 valence electrons. The zero-order valence-electron chi connectivity index (χ0n) is 15.4. The maximum Gasteiger partial charge on any atom is 0.339 e. The number of esters is 1. The fourth-order valence-corrected chi connectivity index (χ4v) is 2.34. The average molecular weight is 363 g/mol. The van der Waals surface area contributed by atoms with E-state index in [0.717, 1.165) is 5.69 Å². The average Bonchev–Trinajstić information content (AvgIpc) is 2.68.